The number of carboxylic acids is 1. The van der Waals surface area contributed by atoms with Gasteiger partial charge in [-0.2, -0.15) is 5.10 Å². The van der Waals surface area contributed by atoms with E-state index in [2.05, 4.69) is 5.10 Å². The van der Waals surface area contributed by atoms with Gasteiger partial charge >= 0.3 is 5.97 Å². The highest BCUT2D eigenvalue weighted by Gasteiger charge is 2.24. The van der Waals surface area contributed by atoms with E-state index in [0.717, 1.165) is 46.5 Å². The summed E-state index contributed by atoms with van der Waals surface area (Å²) < 4.78 is 7.23. The summed E-state index contributed by atoms with van der Waals surface area (Å²) in [5.41, 5.74) is 4.75. The number of carbonyl (C=O) groups excluding carboxylic acids is 1. The first-order valence-electron chi connectivity index (χ1n) is 11.0. The minimum absolute atomic E-state index is 0.0705. The summed E-state index contributed by atoms with van der Waals surface area (Å²) in [4.78, 5) is 25.9. The van der Waals surface area contributed by atoms with E-state index in [4.69, 9.17) is 21.4 Å². The Labute approximate surface area is 197 Å². The maximum absolute atomic E-state index is 13.0. The highest BCUT2D eigenvalue weighted by molar-refractivity contribution is 6.31. The molecule has 0 spiro atoms. The van der Waals surface area contributed by atoms with Gasteiger partial charge in [0.25, 0.3) is 0 Å². The molecule has 4 rings (SSSR count). The van der Waals surface area contributed by atoms with Crippen LogP contribution in [0, 0.1) is 6.92 Å². The second-order valence-electron chi connectivity index (χ2n) is 8.09. The molecule has 1 N–H and O–H groups in total. The fourth-order valence-electron chi connectivity index (χ4n) is 4.17. The number of ether oxygens (including phenoxy) is 1. The van der Waals surface area contributed by atoms with Crippen molar-refractivity contribution in [3.05, 3.63) is 64.9 Å². The van der Waals surface area contributed by atoms with Gasteiger partial charge in [-0.05, 0) is 55.5 Å². The van der Waals surface area contributed by atoms with Crippen molar-refractivity contribution in [1.29, 1.82) is 0 Å². The van der Waals surface area contributed by atoms with Gasteiger partial charge in [0.15, 0.2) is 0 Å². The van der Waals surface area contributed by atoms with Gasteiger partial charge in [0, 0.05) is 41.0 Å². The number of carboxylic acid groups (broad SMARTS) is 1. The van der Waals surface area contributed by atoms with E-state index in [9.17, 15) is 9.59 Å². The molecule has 1 amide bonds. The van der Waals surface area contributed by atoms with Gasteiger partial charge in [-0.15, -0.1) is 0 Å². The number of amides is 1. The topological polar surface area (TPSA) is 84.7 Å². The number of rotatable bonds is 8. The average molecular weight is 468 g/mol. The Morgan fingerprint density at radius 3 is 2.85 bits per heavy atom. The van der Waals surface area contributed by atoms with Gasteiger partial charge < -0.3 is 14.7 Å². The molecule has 0 saturated carbocycles. The molecule has 33 heavy (non-hydrogen) atoms. The lowest BCUT2D eigenvalue weighted by Crippen LogP contribution is -2.35. The quantitative estimate of drug-likeness (QED) is 0.484. The summed E-state index contributed by atoms with van der Waals surface area (Å²) in [6.45, 7) is 2.85. The highest BCUT2D eigenvalue weighted by atomic mass is 35.5. The third kappa shape index (κ3) is 5.20. The Kier molecular flexibility index (Phi) is 6.99. The first-order valence-corrected chi connectivity index (χ1v) is 11.4. The van der Waals surface area contributed by atoms with Crippen LogP contribution in [-0.2, 0) is 22.6 Å². The van der Waals surface area contributed by atoms with Crippen LogP contribution in [0.1, 0.15) is 30.4 Å². The zero-order valence-corrected chi connectivity index (χ0v) is 19.2. The molecule has 172 valence electrons. The van der Waals surface area contributed by atoms with Gasteiger partial charge in [-0.25, -0.2) is 0 Å². The summed E-state index contributed by atoms with van der Waals surface area (Å²) in [7, 11) is 0. The van der Waals surface area contributed by atoms with E-state index >= 15 is 0 Å². The van der Waals surface area contributed by atoms with E-state index < -0.39 is 5.97 Å². The van der Waals surface area contributed by atoms with Gasteiger partial charge in [0.2, 0.25) is 5.91 Å². The minimum Gasteiger partial charge on any atom is -0.493 e. The van der Waals surface area contributed by atoms with Crippen molar-refractivity contribution in [1.82, 2.24) is 9.78 Å². The van der Waals surface area contributed by atoms with Gasteiger partial charge in [-0.3, -0.25) is 14.3 Å². The Bertz CT molecular complexity index is 1170. The number of aliphatic carboxylic acids is 1. The lowest BCUT2D eigenvalue weighted by atomic mass is 9.93. The molecule has 0 bridgehead atoms. The molecule has 1 aliphatic rings. The van der Waals surface area contributed by atoms with Crippen LogP contribution < -0.4 is 9.64 Å². The molecule has 2 aromatic carbocycles. The normalized spacial score (nSPS) is 13.0. The molecule has 1 aliphatic heterocycles. The van der Waals surface area contributed by atoms with E-state index in [1.807, 2.05) is 48.2 Å². The largest absolute Gasteiger partial charge is 0.493 e. The van der Waals surface area contributed by atoms with E-state index in [1.165, 1.54) is 4.68 Å². The second kappa shape index (κ2) is 10.1. The first-order chi connectivity index (χ1) is 15.9. The molecule has 0 aliphatic carbocycles. The van der Waals surface area contributed by atoms with Crippen molar-refractivity contribution < 1.29 is 19.4 Å². The Hall–Kier alpha value is -3.32. The van der Waals surface area contributed by atoms with E-state index in [1.54, 1.807) is 12.4 Å². The lowest BCUT2D eigenvalue weighted by molar-refractivity contribution is -0.137. The zero-order chi connectivity index (χ0) is 23.4. The first kappa shape index (κ1) is 22.9. The van der Waals surface area contributed by atoms with Crippen molar-refractivity contribution in [2.45, 2.75) is 39.2 Å². The van der Waals surface area contributed by atoms with Gasteiger partial charge in [-0.1, -0.05) is 29.8 Å². The van der Waals surface area contributed by atoms with Crippen LogP contribution in [0.4, 0.5) is 5.69 Å². The van der Waals surface area contributed by atoms with Gasteiger partial charge in [0.05, 0.1) is 12.8 Å². The van der Waals surface area contributed by atoms with Crippen LogP contribution in [-0.4, -0.2) is 39.9 Å². The summed E-state index contributed by atoms with van der Waals surface area (Å²) in [6, 6.07) is 11.5. The van der Waals surface area contributed by atoms with Crippen LogP contribution >= 0.6 is 11.6 Å². The summed E-state index contributed by atoms with van der Waals surface area (Å²) in [6.07, 6.45) is 6.14. The fourth-order valence-corrected chi connectivity index (χ4v) is 4.33. The predicted octanol–water partition coefficient (Wildman–Crippen LogP) is 4.73. The molecule has 1 aromatic heterocycles. The number of anilines is 1. The maximum Gasteiger partial charge on any atom is 0.325 e. The van der Waals surface area contributed by atoms with Crippen molar-refractivity contribution in [3.63, 3.8) is 0 Å². The molecule has 3 aromatic rings. The van der Waals surface area contributed by atoms with Gasteiger partial charge in [0.1, 0.15) is 12.3 Å². The Morgan fingerprint density at radius 2 is 2.03 bits per heavy atom. The summed E-state index contributed by atoms with van der Waals surface area (Å²) in [5.74, 6) is -0.126. The smallest absolute Gasteiger partial charge is 0.325 e. The van der Waals surface area contributed by atoms with Crippen LogP contribution in [0.15, 0.2) is 48.8 Å². The van der Waals surface area contributed by atoms with Crippen molar-refractivity contribution >= 4 is 29.2 Å². The molecule has 0 radical (unpaired) electrons. The van der Waals surface area contributed by atoms with Crippen molar-refractivity contribution in [3.8, 4) is 16.9 Å². The average Bonchev–Trinajstić information content (AvgIpc) is 3.26. The monoisotopic (exact) mass is 467 g/mol. The number of fused-ring (bicyclic) bond motifs is 1. The third-order valence-electron chi connectivity index (χ3n) is 5.80. The lowest BCUT2D eigenvalue weighted by Gasteiger charge is -2.31. The third-order valence-corrected chi connectivity index (χ3v) is 6.21. The molecule has 8 heteroatoms. The van der Waals surface area contributed by atoms with Crippen molar-refractivity contribution in [2.75, 3.05) is 18.1 Å². The minimum atomic E-state index is -0.939. The van der Waals surface area contributed by atoms with Crippen LogP contribution in [0.25, 0.3) is 11.1 Å². The molecular weight excluding hydrogens is 442 g/mol. The second-order valence-corrected chi connectivity index (χ2v) is 8.49. The summed E-state index contributed by atoms with van der Waals surface area (Å²) >= 11 is 6.13. The Morgan fingerprint density at radius 1 is 1.21 bits per heavy atom. The standard InChI is InChI=1S/C25H26ClN3O4/c1-17-21(26)8-3-10-23(17)33-13-5-11-24(30)29-12-4-7-20-19(6-2-9-22(20)29)18-14-27-28(15-18)16-25(31)32/h2-3,6,8-10,14-15H,4-5,7,11-13,16H2,1H3,(H,31,32). The molecular formula is C25H26ClN3O4. The number of benzene rings is 2. The van der Waals surface area contributed by atoms with E-state index in [0.29, 0.717) is 31.0 Å². The Balaban J connectivity index is 1.43. The number of nitrogens with zero attached hydrogens (tertiary/aromatic N) is 3. The van der Waals surface area contributed by atoms with Crippen LogP contribution in [0.5, 0.6) is 5.75 Å². The molecule has 7 nitrogen and oxygen atoms in total. The number of hydrogen-bond acceptors (Lipinski definition) is 4. The van der Waals surface area contributed by atoms with E-state index in [-0.39, 0.29) is 12.5 Å². The molecule has 0 atom stereocenters. The zero-order valence-electron chi connectivity index (χ0n) is 18.5. The number of carbonyl (C=O) groups is 2. The summed E-state index contributed by atoms with van der Waals surface area (Å²) in [5, 5.41) is 13.8. The molecule has 0 unspecified atom stereocenters. The highest BCUT2D eigenvalue weighted by Crippen LogP contribution is 2.35. The number of hydrogen-bond donors (Lipinski definition) is 1. The predicted molar refractivity (Wildman–Crippen MR) is 127 cm³/mol. The van der Waals surface area contributed by atoms with Crippen LogP contribution in [0.3, 0.4) is 0 Å². The van der Waals surface area contributed by atoms with Crippen LogP contribution in [0.2, 0.25) is 5.02 Å². The fraction of sp³-hybridized carbons (Fsp3) is 0.320. The van der Waals surface area contributed by atoms with Crippen molar-refractivity contribution in [2.24, 2.45) is 0 Å². The maximum atomic E-state index is 13.0. The molecule has 2 heterocycles. The molecule has 0 fully saturated rings. The number of aromatic nitrogens is 2. The molecule has 0 saturated heterocycles. The number of halogens is 1. The SMILES string of the molecule is Cc1c(Cl)cccc1OCCCC(=O)N1CCCc2c(-c3cnn(CC(=O)O)c3)cccc21.